The third-order valence-electron chi connectivity index (χ3n) is 1.62. The molecule has 0 aliphatic rings. The van der Waals surface area contributed by atoms with Crippen LogP contribution < -0.4 is 4.74 Å². The van der Waals surface area contributed by atoms with Gasteiger partial charge in [0.1, 0.15) is 5.56 Å². The zero-order valence-electron chi connectivity index (χ0n) is 8.24. The number of carbonyl (C=O) groups is 2. The van der Waals surface area contributed by atoms with Crippen LogP contribution >= 0.6 is 11.6 Å². The molecular weight excluding hydrogens is 220 g/mol. The molecule has 0 spiro atoms. The van der Waals surface area contributed by atoms with Crippen molar-refractivity contribution in [3.8, 4) is 5.75 Å². The molecular formula is C10H9ClO4. The summed E-state index contributed by atoms with van der Waals surface area (Å²) in [6.07, 6.45) is 0. The fourth-order valence-corrected chi connectivity index (χ4v) is 1.24. The van der Waals surface area contributed by atoms with Crippen molar-refractivity contribution in [3.05, 3.63) is 28.8 Å². The van der Waals surface area contributed by atoms with Crippen molar-refractivity contribution in [2.75, 3.05) is 7.11 Å². The molecule has 0 bridgehead atoms. The molecule has 0 aromatic heterocycles. The molecule has 5 heteroatoms. The highest BCUT2D eigenvalue weighted by Crippen LogP contribution is 2.29. The van der Waals surface area contributed by atoms with E-state index in [-0.39, 0.29) is 16.3 Å². The first kappa shape index (κ1) is 11.5. The van der Waals surface area contributed by atoms with E-state index < -0.39 is 11.9 Å². The van der Waals surface area contributed by atoms with Gasteiger partial charge in [0.05, 0.1) is 12.1 Å². The lowest BCUT2D eigenvalue weighted by atomic mass is 10.2. The van der Waals surface area contributed by atoms with Crippen molar-refractivity contribution in [2.24, 2.45) is 0 Å². The largest absolute Gasteiger partial charge is 0.465 e. The van der Waals surface area contributed by atoms with Crippen molar-refractivity contribution in [1.29, 1.82) is 0 Å². The summed E-state index contributed by atoms with van der Waals surface area (Å²) in [7, 11) is 1.24. The van der Waals surface area contributed by atoms with Crippen LogP contribution in [-0.2, 0) is 9.53 Å². The molecule has 0 saturated carbocycles. The number of carbonyl (C=O) groups excluding carboxylic acids is 2. The summed E-state index contributed by atoms with van der Waals surface area (Å²) in [5, 5.41) is 0.188. The van der Waals surface area contributed by atoms with Crippen LogP contribution in [0.2, 0.25) is 5.02 Å². The summed E-state index contributed by atoms with van der Waals surface area (Å²) in [6, 6.07) is 4.56. The molecule has 0 fully saturated rings. The normalized spacial score (nSPS) is 9.53. The zero-order chi connectivity index (χ0) is 11.4. The van der Waals surface area contributed by atoms with Gasteiger partial charge < -0.3 is 9.47 Å². The number of ether oxygens (including phenoxy) is 2. The van der Waals surface area contributed by atoms with Crippen LogP contribution in [0.15, 0.2) is 18.2 Å². The van der Waals surface area contributed by atoms with Crippen LogP contribution in [0.25, 0.3) is 0 Å². The van der Waals surface area contributed by atoms with Gasteiger partial charge in [-0.1, -0.05) is 17.7 Å². The van der Waals surface area contributed by atoms with E-state index >= 15 is 0 Å². The molecule has 0 unspecified atom stereocenters. The van der Waals surface area contributed by atoms with Crippen LogP contribution in [0, 0.1) is 0 Å². The highest BCUT2D eigenvalue weighted by molar-refractivity contribution is 6.32. The average molecular weight is 229 g/mol. The molecule has 0 heterocycles. The number of benzene rings is 1. The summed E-state index contributed by atoms with van der Waals surface area (Å²) >= 11 is 5.79. The molecule has 0 saturated heterocycles. The minimum absolute atomic E-state index is 0.0264. The maximum Gasteiger partial charge on any atom is 0.341 e. The van der Waals surface area contributed by atoms with Crippen LogP contribution in [-0.4, -0.2) is 19.0 Å². The van der Waals surface area contributed by atoms with E-state index in [1.807, 2.05) is 0 Å². The fraction of sp³-hybridized carbons (Fsp3) is 0.200. The predicted molar refractivity (Wildman–Crippen MR) is 54.1 cm³/mol. The van der Waals surface area contributed by atoms with E-state index in [0.29, 0.717) is 0 Å². The second-order valence-electron chi connectivity index (χ2n) is 2.70. The molecule has 1 rings (SSSR count). The quantitative estimate of drug-likeness (QED) is 0.574. The fourth-order valence-electron chi connectivity index (χ4n) is 1.03. The van der Waals surface area contributed by atoms with Gasteiger partial charge in [0.2, 0.25) is 0 Å². The second-order valence-corrected chi connectivity index (χ2v) is 3.11. The third-order valence-corrected chi connectivity index (χ3v) is 1.92. The highest BCUT2D eigenvalue weighted by atomic mass is 35.5. The topological polar surface area (TPSA) is 52.6 Å². The first-order valence-electron chi connectivity index (χ1n) is 4.11. The smallest absolute Gasteiger partial charge is 0.341 e. The van der Waals surface area contributed by atoms with Crippen molar-refractivity contribution < 1.29 is 19.1 Å². The SMILES string of the molecule is COC(=O)c1cccc(Cl)c1OC(C)=O. The first-order valence-corrected chi connectivity index (χ1v) is 4.49. The lowest BCUT2D eigenvalue weighted by Gasteiger charge is -2.08. The van der Waals surface area contributed by atoms with Gasteiger partial charge in [0.25, 0.3) is 0 Å². The Hall–Kier alpha value is -1.55. The number of para-hydroxylation sites is 1. The summed E-state index contributed by atoms with van der Waals surface area (Å²) in [4.78, 5) is 22.1. The Kier molecular flexibility index (Phi) is 3.68. The Morgan fingerprint density at radius 3 is 2.53 bits per heavy atom. The molecule has 0 aliphatic carbocycles. The van der Waals surface area contributed by atoms with Gasteiger partial charge in [-0.25, -0.2) is 4.79 Å². The van der Waals surface area contributed by atoms with Crippen molar-refractivity contribution in [2.45, 2.75) is 6.92 Å². The maximum absolute atomic E-state index is 11.3. The van der Waals surface area contributed by atoms with Crippen molar-refractivity contribution in [1.82, 2.24) is 0 Å². The van der Waals surface area contributed by atoms with E-state index in [2.05, 4.69) is 4.74 Å². The average Bonchev–Trinajstić information content (AvgIpc) is 2.19. The number of hydrogen-bond donors (Lipinski definition) is 0. The first-order chi connectivity index (χ1) is 7.06. The Morgan fingerprint density at radius 1 is 1.33 bits per heavy atom. The van der Waals surface area contributed by atoms with Crippen LogP contribution in [0.4, 0.5) is 0 Å². The molecule has 0 atom stereocenters. The standard InChI is InChI=1S/C10H9ClO4/c1-6(12)15-9-7(10(13)14-2)4-3-5-8(9)11/h3-5H,1-2H3. The Labute approximate surface area is 91.7 Å². The molecule has 4 nitrogen and oxygen atoms in total. The van der Waals surface area contributed by atoms with E-state index in [1.165, 1.54) is 26.2 Å². The number of rotatable bonds is 2. The van der Waals surface area contributed by atoms with Gasteiger partial charge in [0, 0.05) is 6.92 Å². The summed E-state index contributed by atoms with van der Waals surface area (Å²) in [5.41, 5.74) is 0.125. The van der Waals surface area contributed by atoms with Crippen LogP contribution in [0.5, 0.6) is 5.75 Å². The summed E-state index contributed by atoms with van der Waals surface area (Å²) < 4.78 is 9.35. The number of halogens is 1. The molecule has 0 aliphatic heterocycles. The third kappa shape index (κ3) is 2.70. The summed E-state index contributed by atoms with van der Waals surface area (Å²) in [6.45, 7) is 1.23. The summed E-state index contributed by atoms with van der Waals surface area (Å²) in [5.74, 6) is -1.12. The van der Waals surface area contributed by atoms with Crippen LogP contribution in [0.3, 0.4) is 0 Å². The molecule has 0 N–H and O–H groups in total. The highest BCUT2D eigenvalue weighted by Gasteiger charge is 2.17. The number of hydrogen-bond acceptors (Lipinski definition) is 4. The predicted octanol–water partition coefficient (Wildman–Crippen LogP) is 2.05. The Morgan fingerprint density at radius 2 is 2.00 bits per heavy atom. The lowest BCUT2D eigenvalue weighted by molar-refractivity contribution is -0.131. The van der Waals surface area contributed by atoms with Gasteiger partial charge in [-0.15, -0.1) is 0 Å². The van der Waals surface area contributed by atoms with E-state index in [1.54, 1.807) is 6.07 Å². The van der Waals surface area contributed by atoms with Crippen LogP contribution in [0.1, 0.15) is 17.3 Å². The molecule has 1 aromatic rings. The Balaban J connectivity index is 3.19. The van der Waals surface area contributed by atoms with Gasteiger partial charge in [-0.05, 0) is 12.1 Å². The van der Waals surface area contributed by atoms with Crippen molar-refractivity contribution in [3.63, 3.8) is 0 Å². The van der Waals surface area contributed by atoms with Gasteiger partial charge in [0.15, 0.2) is 5.75 Å². The minimum Gasteiger partial charge on any atom is -0.465 e. The van der Waals surface area contributed by atoms with E-state index in [9.17, 15) is 9.59 Å². The van der Waals surface area contributed by atoms with Gasteiger partial charge in [-0.3, -0.25) is 4.79 Å². The Bertz CT molecular complexity index is 400. The second kappa shape index (κ2) is 4.79. The molecule has 15 heavy (non-hydrogen) atoms. The van der Waals surface area contributed by atoms with Gasteiger partial charge >= 0.3 is 11.9 Å². The van der Waals surface area contributed by atoms with Gasteiger partial charge in [-0.2, -0.15) is 0 Å². The number of methoxy groups -OCH3 is 1. The molecule has 1 aromatic carbocycles. The molecule has 0 amide bonds. The van der Waals surface area contributed by atoms with E-state index in [4.69, 9.17) is 16.3 Å². The monoisotopic (exact) mass is 228 g/mol. The maximum atomic E-state index is 11.3. The molecule has 80 valence electrons. The van der Waals surface area contributed by atoms with E-state index in [0.717, 1.165) is 0 Å². The minimum atomic E-state index is -0.603. The molecule has 0 radical (unpaired) electrons. The number of esters is 2. The lowest BCUT2D eigenvalue weighted by Crippen LogP contribution is -2.09. The zero-order valence-corrected chi connectivity index (χ0v) is 9.00. The van der Waals surface area contributed by atoms with Crippen molar-refractivity contribution >= 4 is 23.5 Å².